The smallest absolute Gasteiger partial charge is 0.264 e. The Morgan fingerprint density at radius 2 is 1.21 bits per heavy atom. The summed E-state index contributed by atoms with van der Waals surface area (Å²) in [5.41, 5.74) is 0. The van der Waals surface area contributed by atoms with Gasteiger partial charge in [-0.2, -0.15) is 43.9 Å². The van der Waals surface area contributed by atoms with E-state index in [0.717, 1.165) is 0 Å². The van der Waals surface area contributed by atoms with E-state index in [-0.39, 0.29) is 0 Å². The van der Waals surface area contributed by atoms with Crippen molar-refractivity contribution < 1.29 is 53.1 Å². The van der Waals surface area contributed by atoms with E-state index in [1.165, 1.54) is 0 Å². The van der Waals surface area contributed by atoms with Gasteiger partial charge in [-0.05, 0) is 5.12 Å². The molecule has 1 atom stereocenters. The lowest BCUT2D eigenvalue weighted by atomic mass is 10.1. The van der Waals surface area contributed by atoms with E-state index in [9.17, 15) is 48.4 Å². The Kier molecular flexibility index (Phi) is 3.31. The second-order valence-electron chi connectivity index (χ2n) is 3.15. The van der Waals surface area contributed by atoms with Crippen LogP contribution in [0.1, 0.15) is 0 Å². The zero-order chi connectivity index (χ0) is 15.4. The molecule has 0 radical (unpaired) electrons. The summed E-state index contributed by atoms with van der Waals surface area (Å²) >= 11 is 0. The molecule has 0 aliphatic carbocycles. The first-order valence-corrected chi connectivity index (χ1v) is 3.91. The fourth-order valence-corrected chi connectivity index (χ4v) is 1.01. The molecule has 0 amide bonds. The molecule has 1 rings (SSSR count). The second-order valence-corrected chi connectivity index (χ2v) is 3.15. The first-order chi connectivity index (χ1) is 8.22. The van der Waals surface area contributed by atoms with Crippen LogP contribution >= 0.6 is 0 Å². The number of morpholine rings is 1. The van der Waals surface area contributed by atoms with Crippen molar-refractivity contribution in [2.24, 2.45) is 0 Å². The summed E-state index contributed by atoms with van der Waals surface area (Å²) in [4.78, 5) is 0. The molecule has 1 unspecified atom stereocenters. The Labute approximate surface area is 95.5 Å². The highest BCUT2D eigenvalue weighted by Crippen LogP contribution is 2.58. The third-order valence-corrected chi connectivity index (χ3v) is 1.95. The number of halogens is 11. The number of rotatable bonds is 1. The average molecular weight is 311 g/mol. The van der Waals surface area contributed by atoms with Crippen LogP contribution in [0.3, 0.4) is 0 Å². The van der Waals surface area contributed by atoms with Crippen molar-refractivity contribution in [3.8, 4) is 0 Å². The maximum atomic E-state index is 13.1. The molecule has 0 aromatic heterocycles. The van der Waals surface area contributed by atoms with Gasteiger partial charge < -0.3 is 0 Å². The fraction of sp³-hybridized carbons (Fsp3) is 0.667. The molecule has 0 spiro atoms. The van der Waals surface area contributed by atoms with Gasteiger partial charge >= 0.3 is 30.1 Å². The van der Waals surface area contributed by atoms with Crippen LogP contribution < -0.4 is 0 Å². The number of hydrogen-bond acceptors (Lipinski definition) is 2. The van der Waals surface area contributed by atoms with E-state index in [1.807, 2.05) is 0 Å². The quantitative estimate of drug-likeness (QED) is 0.416. The molecule has 19 heavy (non-hydrogen) atoms. The van der Waals surface area contributed by atoms with Gasteiger partial charge in [0.2, 0.25) is 5.83 Å². The molecule has 0 N–H and O–H groups in total. The van der Waals surface area contributed by atoms with Gasteiger partial charge in [-0.1, -0.05) is 0 Å². The highest BCUT2D eigenvalue weighted by atomic mass is 19.4. The minimum Gasteiger partial charge on any atom is -0.264 e. The molecular formula is C6F11NO. The van der Waals surface area contributed by atoms with Crippen LogP contribution in [-0.2, 0) is 4.74 Å². The summed E-state index contributed by atoms with van der Waals surface area (Å²) in [6.45, 7) is 0. The van der Waals surface area contributed by atoms with E-state index in [4.69, 9.17) is 0 Å². The Morgan fingerprint density at radius 3 is 1.58 bits per heavy atom. The largest absolute Gasteiger partial charge is 0.440 e. The number of hydrogen-bond donors (Lipinski definition) is 0. The van der Waals surface area contributed by atoms with Crippen molar-refractivity contribution in [1.29, 1.82) is 0 Å². The van der Waals surface area contributed by atoms with Gasteiger partial charge in [0.1, 0.15) is 0 Å². The van der Waals surface area contributed by atoms with Crippen LogP contribution in [0, 0.1) is 0 Å². The van der Waals surface area contributed by atoms with Gasteiger partial charge in [-0.3, -0.25) is 4.74 Å². The van der Waals surface area contributed by atoms with E-state index in [1.54, 1.807) is 0 Å². The first kappa shape index (κ1) is 15.9. The Hall–Kier alpha value is -1.11. The highest BCUT2D eigenvalue weighted by molar-refractivity contribution is 5.14. The lowest BCUT2D eigenvalue weighted by Gasteiger charge is -2.45. The van der Waals surface area contributed by atoms with E-state index in [0.29, 0.717) is 0 Å². The van der Waals surface area contributed by atoms with Gasteiger partial charge in [-0.15, -0.1) is 4.48 Å². The summed E-state index contributed by atoms with van der Waals surface area (Å²) in [6.07, 6.45) is -10.3. The van der Waals surface area contributed by atoms with Crippen LogP contribution in [0.25, 0.3) is 0 Å². The predicted molar refractivity (Wildman–Crippen MR) is 33.1 cm³/mol. The van der Waals surface area contributed by atoms with Crippen LogP contribution in [-0.4, -0.2) is 29.2 Å². The van der Waals surface area contributed by atoms with Crippen molar-refractivity contribution in [2.45, 2.75) is 24.1 Å². The topological polar surface area (TPSA) is 12.5 Å². The fourth-order valence-electron chi connectivity index (χ4n) is 1.01. The molecule has 1 fully saturated rings. The first-order valence-electron chi connectivity index (χ1n) is 3.91. The highest BCUT2D eigenvalue weighted by Gasteiger charge is 2.84. The van der Waals surface area contributed by atoms with E-state index < -0.39 is 41.1 Å². The molecule has 1 saturated heterocycles. The van der Waals surface area contributed by atoms with Crippen molar-refractivity contribution in [3.63, 3.8) is 0 Å². The molecular weight excluding hydrogens is 311 g/mol. The molecule has 13 heteroatoms. The van der Waals surface area contributed by atoms with Crippen molar-refractivity contribution in [3.05, 3.63) is 11.9 Å². The van der Waals surface area contributed by atoms with E-state index in [2.05, 4.69) is 4.74 Å². The summed E-state index contributed by atoms with van der Waals surface area (Å²) in [6, 6.07) is -12.9. The monoisotopic (exact) mass is 311 g/mol. The van der Waals surface area contributed by atoms with Crippen LogP contribution in [0.2, 0.25) is 0 Å². The summed E-state index contributed by atoms with van der Waals surface area (Å²) in [5, 5.41) is -3.38. The minimum absolute atomic E-state index is 2.09. The molecule has 1 aliphatic rings. The standard InChI is InChI=1S/C6F11NO/c7-1(2(8)9)3(10)4(11,12)18(17)5(13,14)6(15,16)19-3. The molecule has 2 nitrogen and oxygen atoms in total. The Bertz CT molecular complexity index is 415. The SMILES string of the molecule is FC(F)=C(F)C1(F)OC(F)(F)C(F)(F)N(F)C1(F)F. The zero-order valence-corrected chi connectivity index (χ0v) is 8.01. The average Bonchev–Trinajstić information content (AvgIpc) is 2.23. The predicted octanol–water partition coefficient (Wildman–Crippen LogP) is 3.72. The van der Waals surface area contributed by atoms with Crippen LogP contribution in [0.15, 0.2) is 11.9 Å². The molecule has 1 aliphatic heterocycles. The van der Waals surface area contributed by atoms with Crippen LogP contribution in [0.4, 0.5) is 48.4 Å². The van der Waals surface area contributed by atoms with Crippen molar-refractivity contribution in [2.75, 3.05) is 0 Å². The molecule has 0 bridgehead atoms. The number of ether oxygens (including phenoxy) is 1. The van der Waals surface area contributed by atoms with Crippen LogP contribution in [0.5, 0.6) is 0 Å². The Balaban J connectivity index is 3.50. The minimum atomic E-state index is -6.48. The summed E-state index contributed by atoms with van der Waals surface area (Å²) in [7, 11) is 0. The lowest BCUT2D eigenvalue weighted by Crippen LogP contribution is -2.72. The number of nitrogens with zero attached hydrogens (tertiary/aromatic N) is 1. The normalized spacial score (nSPS) is 33.0. The second kappa shape index (κ2) is 3.94. The summed E-state index contributed by atoms with van der Waals surface area (Å²) in [5.74, 6) is -10.1. The molecule has 0 aromatic carbocycles. The van der Waals surface area contributed by atoms with Crippen molar-refractivity contribution in [1.82, 2.24) is 5.12 Å². The maximum Gasteiger partial charge on any atom is 0.440 e. The third-order valence-electron chi connectivity index (χ3n) is 1.95. The van der Waals surface area contributed by atoms with Gasteiger partial charge in [0, 0.05) is 0 Å². The van der Waals surface area contributed by atoms with Gasteiger partial charge in [0.05, 0.1) is 0 Å². The van der Waals surface area contributed by atoms with Crippen molar-refractivity contribution >= 4 is 0 Å². The molecule has 0 aromatic rings. The van der Waals surface area contributed by atoms with Gasteiger partial charge in [-0.25, -0.2) is 0 Å². The molecule has 0 saturated carbocycles. The maximum absolute atomic E-state index is 13.1. The van der Waals surface area contributed by atoms with Gasteiger partial charge in [0.15, 0.2) is 0 Å². The zero-order valence-electron chi connectivity index (χ0n) is 8.01. The lowest BCUT2D eigenvalue weighted by molar-refractivity contribution is -0.560. The Morgan fingerprint density at radius 1 is 0.789 bits per heavy atom. The third kappa shape index (κ3) is 1.86. The summed E-state index contributed by atoms with van der Waals surface area (Å²) < 4.78 is 138. The molecule has 1 heterocycles. The van der Waals surface area contributed by atoms with E-state index >= 15 is 0 Å². The van der Waals surface area contributed by atoms with Gasteiger partial charge in [0.25, 0.3) is 0 Å². The molecule has 112 valence electrons. The number of alkyl halides is 7.